The molecule has 0 aliphatic carbocycles. The number of aliphatic carboxylic acids is 3. The molecule has 6 N–H and O–H groups in total. The normalized spacial score (nSPS) is 12.4. The van der Waals surface area contributed by atoms with Crippen LogP contribution in [0, 0.1) is 0 Å². The van der Waals surface area contributed by atoms with Gasteiger partial charge in [0.05, 0.1) is 0 Å². The second-order valence-electron chi connectivity index (χ2n) is 10.7. The standard InChI is InChI=1S/C29H54N3O8P/c33-25(30-22-16-15-17-24(32-41)29(39)40)21-20-23(28(37)38)31-26(34)18-13-11-9-7-5-3-1-2-4-6-8-10-12-14-19-27(35)36/h23-24,32H,1-22,41H2,(H,30,33)(H,31,34)(H,35,36)(H,37,38)(H,39,40)/t23-,24-/m0/s1. The van der Waals surface area contributed by atoms with Gasteiger partial charge in [0.2, 0.25) is 11.8 Å². The van der Waals surface area contributed by atoms with E-state index in [-0.39, 0.29) is 37.5 Å². The number of hydrogen-bond donors (Lipinski definition) is 6. The lowest BCUT2D eigenvalue weighted by molar-refractivity contribution is -0.142. The van der Waals surface area contributed by atoms with Gasteiger partial charge in [0.1, 0.15) is 12.1 Å². The lowest BCUT2D eigenvalue weighted by Gasteiger charge is -2.14. The molecule has 0 aromatic rings. The Balaban J connectivity index is 3.73. The van der Waals surface area contributed by atoms with Crippen molar-refractivity contribution in [1.82, 2.24) is 15.7 Å². The van der Waals surface area contributed by atoms with Crippen LogP contribution < -0.4 is 15.7 Å². The maximum Gasteiger partial charge on any atom is 0.326 e. The molecule has 0 saturated heterocycles. The molecule has 0 fully saturated rings. The van der Waals surface area contributed by atoms with Crippen LogP contribution in [0.4, 0.5) is 0 Å². The molecule has 1 unspecified atom stereocenters. The van der Waals surface area contributed by atoms with Gasteiger partial charge in [-0.05, 0) is 38.5 Å². The summed E-state index contributed by atoms with van der Waals surface area (Å²) in [4.78, 5) is 57.1. The fourth-order valence-corrected chi connectivity index (χ4v) is 4.86. The van der Waals surface area contributed by atoms with E-state index in [2.05, 4.69) is 25.1 Å². The molecule has 238 valence electrons. The van der Waals surface area contributed by atoms with Crippen molar-refractivity contribution in [1.29, 1.82) is 0 Å². The van der Waals surface area contributed by atoms with E-state index in [4.69, 9.17) is 10.2 Å². The molecule has 0 aromatic carbocycles. The summed E-state index contributed by atoms with van der Waals surface area (Å²) in [6, 6.07) is -1.75. The maximum absolute atomic E-state index is 12.2. The fourth-order valence-electron chi connectivity index (χ4n) is 4.55. The number of carboxylic acids is 3. The first-order valence-electron chi connectivity index (χ1n) is 15.4. The first kappa shape index (κ1) is 38.7. The average Bonchev–Trinajstić information content (AvgIpc) is 2.92. The number of carbonyl (C=O) groups is 5. The highest BCUT2D eigenvalue weighted by molar-refractivity contribution is 7.13. The molecule has 0 aliphatic heterocycles. The lowest BCUT2D eigenvalue weighted by Crippen LogP contribution is -2.41. The Morgan fingerprint density at radius 3 is 1.41 bits per heavy atom. The molecule has 2 amide bonds. The zero-order chi connectivity index (χ0) is 30.7. The van der Waals surface area contributed by atoms with Gasteiger partial charge in [0.25, 0.3) is 0 Å². The van der Waals surface area contributed by atoms with Crippen LogP contribution in [0.3, 0.4) is 0 Å². The molecule has 0 aliphatic rings. The Kier molecular flexibility index (Phi) is 25.2. The molecule has 0 aromatic heterocycles. The van der Waals surface area contributed by atoms with Crippen LogP contribution in [-0.4, -0.2) is 63.7 Å². The number of hydrogen-bond acceptors (Lipinski definition) is 6. The number of unbranched alkanes of at least 4 members (excludes halogenated alkanes) is 14. The highest BCUT2D eigenvalue weighted by Gasteiger charge is 2.21. The first-order chi connectivity index (χ1) is 19.7. The molecule has 0 saturated carbocycles. The van der Waals surface area contributed by atoms with Crippen LogP contribution in [-0.2, 0) is 24.0 Å². The van der Waals surface area contributed by atoms with Crippen molar-refractivity contribution in [2.45, 2.75) is 147 Å². The fraction of sp³-hybridized carbons (Fsp3) is 0.828. The predicted octanol–water partition coefficient (Wildman–Crippen LogP) is 4.78. The van der Waals surface area contributed by atoms with Gasteiger partial charge in [0, 0.05) is 25.8 Å². The lowest BCUT2D eigenvalue weighted by atomic mass is 10.0. The molecule has 0 bridgehead atoms. The van der Waals surface area contributed by atoms with Crippen molar-refractivity contribution in [2.75, 3.05) is 6.54 Å². The van der Waals surface area contributed by atoms with Crippen LogP contribution in [0.5, 0.6) is 0 Å². The SMILES string of the molecule is O=C(O)CCCCCCCCCCCCCCCCC(=O)N[C@@H](CCC(=O)NCCCC[C@H](NP)C(=O)O)C(=O)O. The zero-order valence-corrected chi connectivity index (χ0v) is 25.8. The first-order valence-corrected chi connectivity index (χ1v) is 15.9. The van der Waals surface area contributed by atoms with Crippen LogP contribution >= 0.6 is 9.39 Å². The van der Waals surface area contributed by atoms with Gasteiger partial charge >= 0.3 is 17.9 Å². The van der Waals surface area contributed by atoms with Crippen LogP contribution in [0.2, 0.25) is 0 Å². The third kappa shape index (κ3) is 25.2. The van der Waals surface area contributed by atoms with Gasteiger partial charge < -0.3 is 26.0 Å². The third-order valence-corrected chi connectivity index (χ3v) is 7.48. The van der Waals surface area contributed by atoms with E-state index < -0.39 is 30.0 Å². The van der Waals surface area contributed by atoms with Crippen molar-refractivity contribution in [3.63, 3.8) is 0 Å². The molecule has 0 rings (SSSR count). The highest BCUT2D eigenvalue weighted by atomic mass is 31.0. The Bertz CT molecular complexity index is 754. The van der Waals surface area contributed by atoms with E-state index in [9.17, 15) is 29.1 Å². The minimum absolute atomic E-state index is 0.0117. The van der Waals surface area contributed by atoms with Gasteiger partial charge in [-0.15, -0.1) is 0 Å². The number of nitrogens with one attached hydrogen (secondary N) is 3. The zero-order valence-electron chi connectivity index (χ0n) is 24.7. The van der Waals surface area contributed by atoms with Crippen molar-refractivity contribution in [2.24, 2.45) is 0 Å². The average molecular weight is 604 g/mol. The Morgan fingerprint density at radius 2 is 0.976 bits per heavy atom. The second-order valence-corrected chi connectivity index (χ2v) is 11.1. The van der Waals surface area contributed by atoms with E-state index in [1.165, 1.54) is 44.9 Å². The van der Waals surface area contributed by atoms with Crippen LogP contribution in [0.15, 0.2) is 0 Å². The van der Waals surface area contributed by atoms with Crippen molar-refractivity contribution < 1.29 is 39.3 Å². The smallest absolute Gasteiger partial charge is 0.326 e. The number of rotatable bonds is 29. The minimum Gasteiger partial charge on any atom is -0.481 e. The minimum atomic E-state index is -1.16. The Morgan fingerprint density at radius 1 is 0.512 bits per heavy atom. The Hall–Kier alpha value is -2.26. The molecule has 41 heavy (non-hydrogen) atoms. The summed E-state index contributed by atoms with van der Waals surface area (Å²) in [7, 11) is 2.18. The molecule has 3 atom stereocenters. The van der Waals surface area contributed by atoms with E-state index in [0.717, 1.165) is 38.5 Å². The summed E-state index contributed by atoms with van der Waals surface area (Å²) in [6.45, 7) is 0.380. The summed E-state index contributed by atoms with van der Waals surface area (Å²) >= 11 is 0. The van der Waals surface area contributed by atoms with E-state index in [0.29, 0.717) is 32.2 Å². The van der Waals surface area contributed by atoms with Gasteiger partial charge in [0.15, 0.2) is 0 Å². The topological polar surface area (TPSA) is 182 Å². The van der Waals surface area contributed by atoms with E-state index in [1.54, 1.807) is 0 Å². The summed E-state index contributed by atoms with van der Waals surface area (Å²) < 4.78 is 0. The largest absolute Gasteiger partial charge is 0.481 e. The predicted molar refractivity (Wildman–Crippen MR) is 161 cm³/mol. The van der Waals surface area contributed by atoms with Gasteiger partial charge in [-0.1, -0.05) is 86.4 Å². The molecular weight excluding hydrogens is 549 g/mol. The van der Waals surface area contributed by atoms with E-state index in [1.807, 2.05) is 0 Å². The number of carboxylic acid groups (broad SMARTS) is 3. The maximum atomic E-state index is 12.2. The third-order valence-electron chi connectivity index (χ3n) is 7.08. The molecule has 0 radical (unpaired) electrons. The molecule has 12 heteroatoms. The molecule has 0 spiro atoms. The number of carbonyl (C=O) groups excluding carboxylic acids is 2. The van der Waals surface area contributed by atoms with Crippen molar-refractivity contribution in [3.8, 4) is 0 Å². The quantitative estimate of drug-likeness (QED) is 0.0517. The summed E-state index contributed by atoms with van der Waals surface area (Å²) in [5.74, 6) is -3.41. The van der Waals surface area contributed by atoms with Crippen molar-refractivity contribution in [3.05, 3.63) is 0 Å². The van der Waals surface area contributed by atoms with Crippen LogP contribution in [0.25, 0.3) is 0 Å². The number of amides is 2. The van der Waals surface area contributed by atoms with Gasteiger partial charge in [-0.25, -0.2) is 4.79 Å². The molecule has 0 heterocycles. The monoisotopic (exact) mass is 603 g/mol. The van der Waals surface area contributed by atoms with Gasteiger partial charge in [-0.2, -0.15) is 0 Å². The summed E-state index contributed by atoms with van der Waals surface area (Å²) in [5, 5.41) is 34.8. The second kappa shape index (κ2) is 26.6. The van der Waals surface area contributed by atoms with E-state index >= 15 is 0 Å². The van der Waals surface area contributed by atoms with Crippen LogP contribution in [0.1, 0.15) is 135 Å². The highest BCUT2D eigenvalue weighted by Crippen LogP contribution is 2.14. The summed E-state index contributed by atoms with van der Waals surface area (Å²) in [6.07, 6.45) is 17.5. The van der Waals surface area contributed by atoms with Gasteiger partial charge in [-0.3, -0.25) is 24.3 Å². The summed E-state index contributed by atoms with van der Waals surface area (Å²) in [5.41, 5.74) is 0. The van der Waals surface area contributed by atoms with Crippen molar-refractivity contribution >= 4 is 39.1 Å². The molecular formula is C29H54N3O8P. The molecule has 11 nitrogen and oxygen atoms in total. The Labute approximate surface area is 247 Å².